The lowest BCUT2D eigenvalue weighted by atomic mass is 9.89. The van der Waals surface area contributed by atoms with Gasteiger partial charge in [-0.15, -0.1) is 24.0 Å². The highest BCUT2D eigenvalue weighted by atomic mass is 127. The Morgan fingerprint density at radius 3 is 2.44 bits per heavy atom. The van der Waals surface area contributed by atoms with E-state index >= 15 is 0 Å². The van der Waals surface area contributed by atoms with Gasteiger partial charge < -0.3 is 20.7 Å². The number of carbonyl (C=O) groups is 1. The van der Waals surface area contributed by atoms with Gasteiger partial charge in [-0.05, 0) is 26.7 Å². The SMILES string of the molecule is CCNC(=NCC(C)N1CCOCC1)NCCNC(=O)C1CCCCC1.I. The van der Waals surface area contributed by atoms with Crippen molar-refractivity contribution in [3.05, 3.63) is 0 Å². The Labute approximate surface area is 181 Å². The molecule has 1 aliphatic carbocycles. The van der Waals surface area contributed by atoms with Gasteiger partial charge in [-0.25, -0.2) is 0 Å². The molecule has 0 bridgehead atoms. The molecule has 27 heavy (non-hydrogen) atoms. The fraction of sp³-hybridized carbons (Fsp3) is 0.895. The predicted octanol–water partition coefficient (Wildman–Crippen LogP) is 1.58. The van der Waals surface area contributed by atoms with Crippen LogP contribution in [0.15, 0.2) is 4.99 Å². The number of carbonyl (C=O) groups excluding carboxylic acids is 1. The van der Waals surface area contributed by atoms with Crippen LogP contribution in [-0.4, -0.2) is 75.3 Å². The number of amides is 1. The Bertz CT molecular complexity index is 438. The van der Waals surface area contributed by atoms with Crippen LogP contribution in [0, 0.1) is 5.92 Å². The van der Waals surface area contributed by atoms with Crippen molar-refractivity contribution in [2.75, 3.05) is 52.5 Å². The van der Waals surface area contributed by atoms with Gasteiger partial charge in [0.25, 0.3) is 0 Å². The molecule has 0 aromatic rings. The van der Waals surface area contributed by atoms with Gasteiger partial charge in [0.15, 0.2) is 5.96 Å². The molecule has 2 rings (SSSR count). The molecule has 2 fully saturated rings. The van der Waals surface area contributed by atoms with Crippen molar-refractivity contribution in [2.45, 2.75) is 52.0 Å². The lowest BCUT2D eigenvalue weighted by Gasteiger charge is -2.31. The van der Waals surface area contributed by atoms with Crippen molar-refractivity contribution in [1.29, 1.82) is 0 Å². The van der Waals surface area contributed by atoms with Gasteiger partial charge in [0, 0.05) is 44.7 Å². The van der Waals surface area contributed by atoms with Crippen LogP contribution in [0.2, 0.25) is 0 Å². The van der Waals surface area contributed by atoms with Crippen LogP contribution in [0.3, 0.4) is 0 Å². The van der Waals surface area contributed by atoms with E-state index in [1.54, 1.807) is 0 Å². The second-order valence-corrected chi connectivity index (χ2v) is 7.27. The number of hydrogen-bond donors (Lipinski definition) is 3. The topological polar surface area (TPSA) is 78.0 Å². The summed E-state index contributed by atoms with van der Waals surface area (Å²) in [6, 6.07) is 0.403. The average molecular weight is 495 g/mol. The Morgan fingerprint density at radius 2 is 1.78 bits per heavy atom. The van der Waals surface area contributed by atoms with E-state index in [2.05, 4.69) is 34.7 Å². The standard InChI is InChI=1S/C19H37N5O2.HI/c1-3-20-19(23-15-16(2)24-11-13-26-14-12-24)22-10-9-21-18(25)17-7-5-4-6-8-17;/h16-17H,3-15H2,1-2H3,(H,21,25)(H2,20,22,23);1H. The second-order valence-electron chi connectivity index (χ2n) is 7.27. The van der Waals surface area contributed by atoms with Gasteiger partial charge in [-0.2, -0.15) is 0 Å². The van der Waals surface area contributed by atoms with Crippen molar-refractivity contribution in [3.63, 3.8) is 0 Å². The summed E-state index contributed by atoms with van der Waals surface area (Å²) in [5.74, 6) is 1.26. The minimum atomic E-state index is 0. The van der Waals surface area contributed by atoms with Gasteiger partial charge in [-0.3, -0.25) is 14.7 Å². The van der Waals surface area contributed by atoms with E-state index < -0.39 is 0 Å². The van der Waals surface area contributed by atoms with Crippen LogP contribution in [0.5, 0.6) is 0 Å². The van der Waals surface area contributed by atoms with Gasteiger partial charge in [-0.1, -0.05) is 19.3 Å². The largest absolute Gasteiger partial charge is 0.379 e. The molecule has 0 spiro atoms. The highest BCUT2D eigenvalue weighted by Gasteiger charge is 2.20. The first kappa shape index (κ1) is 24.4. The zero-order valence-corrected chi connectivity index (χ0v) is 19.3. The summed E-state index contributed by atoms with van der Waals surface area (Å²) in [7, 11) is 0. The maximum atomic E-state index is 12.2. The molecule has 1 atom stereocenters. The lowest BCUT2D eigenvalue weighted by molar-refractivity contribution is -0.125. The zero-order valence-electron chi connectivity index (χ0n) is 17.0. The molecule has 3 N–H and O–H groups in total. The van der Waals surface area contributed by atoms with Gasteiger partial charge in [0.05, 0.1) is 19.8 Å². The molecular formula is C19H38IN5O2. The van der Waals surface area contributed by atoms with E-state index in [9.17, 15) is 4.79 Å². The van der Waals surface area contributed by atoms with Crippen LogP contribution in [0.25, 0.3) is 0 Å². The van der Waals surface area contributed by atoms with Crippen molar-refractivity contribution >= 4 is 35.8 Å². The first-order valence-corrected chi connectivity index (χ1v) is 10.3. The van der Waals surface area contributed by atoms with E-state index in [1.807, 2.05) is 0 Å². The summed E-state index contributed by atoms with van der Waals surface area (Å²) in [6.45, 7) is 10.8. The molecule has 0 aromatic carbocycles. The molecule has 1 unspecified atom stereocenters. The normalized spacial score (nSPS) is 20.4. The number of nitrogens with zero attached hydrogens (tertiary/aromatic N) is 2. The third kappa shape index (κ3) is 9.43. The number of guanidine groups is 1. The number of aliphatic imine (C=N–C) groups is 1. The summed E-state index contributed by atoms with van der Waals surface area (Å²) in [6.07, 6.45) is 5.74. The van der Waals surface area contributed by atoms with E-state index in [0.29, 0.717) is 19.1 Å². The van der Waals surface area contributed by atoms with Crippen molar-refractivity contribution in [1.82, 2.24) is 20.9 Å². The third-order valence-electron chi connectivity index (χ3n) is 5.22. The predicted molar refractivity (Wildman–Crippen MR) is 121 cm³/mol. The summed E-state index contributed by atoms with van der Waals surface area (Å²) in [4.78, 5) is 19.3. The van der Waals surface area contributed by atoms with Crippen LogP contribution in [-0.2, 0) is 9.53 Å². The molecule has 8 heteroatoms. The number of nitrogens with one attached hydrogen (secondary N) is 3. The molecule has 1 saturated carbocycles. The molecule has 158 valence electrons. The molecule has 0 radical (unpaired) electrons. The Hall–Kier alpha value is -0.610. The molecule has 0 aromatic heterocycles. The molecule has 1 aliphatic heterocycles. The van der Waals surface area contributed by atoms with Crippen LogP contribution in [0.1, 0.15) is 46.0 Å². The van der Waals surface area contributed by atoms with E-state index in [0.717, 1.165) is 58.2 Å². The highest BCUT2D eigenvalue weighted by Crippen LogP contribution is 2.23. The zero-order chi connectivity index (χ0) is 18.6. The quantitative estimate of drug-likeness (QED) is 0.206. The molecule has 7 nitrogen and oxygen atoms in total. The second kappa shape index (κ2) is 14.4. The number of ether oxygens (including phenoxy) is 1. The fourth-order valence-electron chi connectivity index (χ4n) is 3.57. The minimum absolute atomic E-state index is 0. The summed E-state index contributed by atoms with van der Waals surface area (Å²) in [5, 5.41) is 9.65. The summed E-state index contributed by atoms with van der Waals surface area (Å²) >= 11 is 0. The molecule has 1 heterocycles. The molecule has 1 amide bonds. The smallest absolute Gasteiger partial charge is 0.223 e. The monoisotopic (exact) mass is 495 g/mol. The van der Waals surface area contributed by atoms with E-state index in [4.69, 9.17) is 9.73 Å². The first-order valence-electron chi connectivity index (χ1n) is 10.3. The number of morpholine rings is 1. The van der Waals surface area contributed by atoms with E-state index in [-0.39, 0.29) is 35.8 Å². The average Bonchev–Trinajstić information content (AvgIpc) is 2.70. The molecular weight excluding hydrogens is 457 g/mol. The number of hydrogen-bond acceptors (Lipinski definition) is 4. The van der Waals surface area contributed by atoms with Crippen LogP contribution < -0.4 is 16.0 Å². The first-order chi connectivity index (χ1) is 12.7. The summed E-state index contributed by atoms with van der Waals surface area (Å²) in [5.41, 5.74) is 0. The third-order valence-corrected chi connectivity index (χ3v) is 5.22. The lowest BCUT2D eigenvalue weighted by Crippen LogP contribution is -2.45. The van der Waals surface area contributed by atoms with Crippen molar-refractivity contribution in [2.24, 2.45) is 10.9 Å². The van der Waals surface area contributed by atoms with Crippen molar-refractivity contribution < 1.29 is 9.53 Å². The van der Waals surface area contributed by atoms with Crippen LogP contribution in [0.4, 0.5) is 0 Å². The Balaban J connectivity index is 0.00000364. The Morgan fingerprint density at radius 1 is 1.11 bits per heavy atom. The number of rotatable bonds is 8. The number of halogens is 1. The van der Waals surface area contributed by atoms with Crippen molar-refractivity contribution in [3.8, 4) is 0 Å². The molecule has 2 aliphatic rings. The van der Waals surface area contributed by atoms with E-state index in [1.165, 1.54) is 19.3 Å². The van der Waals surface area contributed by atoms with Gasteiger partial charge in [0.2, 0.25) is 5.91 Å². The minimum Gasteiger partial charge on any atom is -0.379 e. The van der Waals surface area contributed by atoms with Gasteiger partial charge >= 0.3 is 0 Å². The Kier molecular flexibility index (Phi) is 13.0. The fourth-order valence-corrected chi connectivity index (χ4v) is 3.57. The van der Waals surface area contributed by atoms with Gasteiger partial charge in [0.1, 0.15) is 0 Å². The maximum Gasteiger partial charge on any atom is 0.223 e. The highest BCUT2D eigenvalue weighted by molar-refractivity contribution is 14.0. The summed E-state index contributed by atoms with van der Waals surface area (Å²) < 4.78 is 5.41. The molecule has 1 saturated heterocycles. The van der Waals surface area contributed by atoms with Crippen LogP contribution >= 0.6 is 24.0 Å². The maximum absolute atomic E-state index is 12.2.